The summed E-state index contributed by atoms with van der Waals surface area (Å²) in [6, 6.07) is 8.66. The van der Waals surface area contributed by atoms with Gasteiger partial charge in [-0.15, -0.1) is 10.2 Å². The molecule has 0 fully saturated rings. The van der Waals surface area contributed by atoms with Crippen LogP contribution < -0.4 is 10.6 Å². The lowest BCUT2D eigenvalue weighted by Crippen LogP contribution is -2.17. The van der Waals surface area contributed by atoms with Gasteiger partial charge in [0.05, 0.1) is 22.4 Å². The van der Waals surface area contributed by atoms with E-state index in [-0.39, 0.29) is 22.5 Å². The Bertz CT molecular complexity index is 1200. The Labute approximate surface area is 196 Å². The molecule has 3 aromatic rings. The first-order valence-electron chi connectivity index (χ1n) is 9.44. The van der Waals surface area contributed by atoms with Gasteiger partial charge >= 0.3 is 12.4 Å². The van der Waals surface area contributed by atoms with Crippen LogP contribution in [0.15, 0.2) is 59.6 Å². The number of halogens is 7. The van der Waals surface area contributed by atoms with Crippen molar-refractivity contribution in [2.24, 2.45) is 0 Å². The zero-order valence-electron chi connectivity index (χ0n) is 17.2. The molecular weight excluding hydrogens is 505 g/mol. The van der Waals surface area contributed by atoms with Crippen LogP contribution in [0.3, 0.4) is 0 Å². The molecule has 0 aliphatic rings. The summed E-state index contributed by atoms with van der Waals surface area (Å²) in [6.07, 6.45) is -10.1. The minimum absolute atomic E-state index is 0.0179. The number of anilines is 2. The number of hydrogen-bond acceptors (Lipinski definition) is 5. The highest BCUT2D eigenvalue weighted by Gasteiger charge is 2.37. The topological polar surface area (TPSA) is 84.0 Å². The number of nitrogens with one attached hydrogen (secondary N) is 2. The van der Waals surface area contributed by atoms with Crippen LogP contribution in [-0.2, 0) is 17.1 Å². The molecule has 0 unspecified atom stereocenters. The van der Waals surface area contributed by atoms with Crippen LogP contribution in [0.25, 0.3) is 0 Å². The summed E-state index contributed by atoms with van der Waals surface area (Å²) < 4.78 is 91.2. The van der Waals surface area contributed by atoms with Gasteiger partial charge in [-0.05, 0) is 42.5 Å². The van der Waals surface area contributed by atoms with E-state index in [1.165, 1.54) is 30.3 Å². The van der Waals surface area contributed by atoms with Crippen LogP contribution in [-0.4, -0.2) is 27.8 Å². The predicted molar refractivity (Wildman–Crippen MR) is 112 cm³/mol. The van der Waals surface area contributed by atoms with E-state index < -0.39 is 52.6 Å². The molecule has 3 rings (SSSR count). The zero-order valence-corrected chi connectivity index (χ0v) is 18.0. The molecule has 1 heterocycles. The van der Waals surface area contributed by atoms with Crippen LogP contribution in [0.2, 0.25) is 0 Å². The Kier molecular flexibility index (Phi) is 7.63. The maximum Gasteiger partial charge on any atom is 0.416 e. The van der Waals surface area contributed by atoms with Crippen molar-refractivity contribution in [2.75, 3.05) is 16.4 Å². The third-order valence-corrected chi connectivity index (χ3v) is 5.14. The third kappa shape index (κ3) is 7.15. The lowest BCUT2D eigenvalue weighted by molar-refractivity contribution is -0.143. The summed E-state index contributed by atoms with van der Waals surface area (Å²) >= 11 is 0.791. The van der Waals surface area contributed by atoms with Crippen molar-refractivity contribution in [3.8, 4) is 0 Å². The van der Waals surface area contributed by atoms with Crippen molar-refractivity contribution in [2.45, 2.75) is 17.4 Å². The number of rotatable bonds is 6. The number of thioether (sulfide) groups is 1. The third-order valence-electron chi connectivity index (χ3n) is 4.22. The highest BCUT2D eigenvalue weighted by Crippen LogP contribution is 2.37. The summed E-state index contributed by atoms with van der Waals surface area (Å²) in [5.41, 5.74) is -4.01. The summed E-state index contributed by atoms with van der Waals surface area (Å²) in [5, 5.41) is 12.0. The van der Waals surface area contributed by atoms with Crippen molar-refractivity contribution in [1.29, 1.82) is 0 Å². The average Bonchev–Trinajstić information content (AvgIpc) is 2.77. The van der Waals surface area contributed by atoms with E-state index in [2.05, 4.69) is 15.5 Å². The normalized spacial score (nSPS) is 11.7. The first kappa shape index (κ1) is 25.9. The molecule has 0 aliphatic heterocycles. The van der Waals surface area contributed by atoms with Crippen molar-refractivity contribution >= 4 is 35.1 Å². The molecule has 1 aromatic heterocycles. The molecule has 0 spiro atoms. The first-order valence-corrected chi connectivity index (χ1v) is 10.4. The van der Waals surface area contributed by atoms with Crippen molar-refractivity contribution in [3.63, 3.8) is 0 Å². The van der Waals surface area contributed by atoms with E-state index in [0.717, 1.165) is 17.8 Å². The van der Waals surface area contributed by atoms with Crippen LogP contribution in [0.4, 0.5) is 42.2 Å². The highest BCUT2D eigenvalue weighted by atomic mass is 32.2. The van der Waals surface area contributed by atoms with Gasteiger partial charge in [-0.1, -0.05) is 23.9 Å². The van der Waals surface area contributed by atoms with Crippen LogP contribution in [0, 0.1) is 5.82 Å². The van der Waals surface area contributed by atoms with Gasteiger partial charge in [0, 0.05) is 5.69 Å². The fourth-order valence-electron chi connectivity index (χ4n) is 2.66. The van der Waals surface area contributed by atoms with Crippen molar-refractivity contribution in [3.05, 3.63) is 77.1 Å². The van der Waals surface area contributed by atoms with Gasteiger partial charge in [-0.2, -0.15) is 26.3 Å². The standard InChI is InChI=1S/C21H13F7N4O2S/c22-15-4-2-1-3-14(15)19(34)30-16-5-6-18(32-31-16)35-10-17(33)29-13-8-11(20(23,24)25)7-12(9-13)21(26,27)28/h1-9H,10H2,(H,29,33)(H,30,31,34). The first-order chi connectivity index (χ1) is 16.3. The summed E-state index contributed by atoms with van der Waals surface area (Å²) in [4.78, 5) is 24.1. The number of aromatic nitrogens is 2. The van der Waals surface area contributed by atoms with Crippen LogP contribution in [0.1, 0.15) is 21.5 Å². The molecular formula is C21H13F7N4O2S. The Balaban J connectivity index is 1.61. The second kappa shape index (κ2) is 10.3. The van der Waals surface area contributed by atoms with E-state index in [4.69, 9.17) is 0 Å². The number of carbonyl (C=O) groups is 2. The molecule has 14 heteroatoms. The predicted octanol–water partition coefficient (Wildman–Crippen LogP) is 5.64. The minimum Gasteiger partial charge on any atom is -0.325 e. The smallest absolute Gasteiger partial charge is 0.325 e. The summed E-state index contributed by atoms with van der Waals surface area (Å²) in [6.45, 7) is 0. The number of amides is 2. The van der Waals surface area contributed by atoms with Crippen LogP contribution in [0.5, 0.6) is 0 Å². The van der Waals surface area contributed by atoms with Gasteiger partial charge in [0.25, 0.3) is 5.91 Å². The molecule has 0 aliphatic carbocycles. The highest BCUT2D eigenvalue weighted by molar-refractivity contribution is 7.99. The summed E-state index contributed by atoms with van der Waals surface area (Å²) in [5.74, 6) is -2.82. The van der Waals surface area contributed by atoms with Gasteiger partial charge in [0.1, 0.15) is 10.8 Å². The van der Waals surface area contributed by atoms with E-state index in [0.29, 0.717) is 12.1 Å². The Morgan fingerprint density at radius 1 is 0.829 bits per heavy atom. The number of carbonyl (C=O) groups excluding carboxylic acids is 2. The Hall–Kier alpha value is -3.68. The fraction of sp³-hybridized carbons (Fsp3) is 0.143. The molecule has 184 valence electrons. The molecule has 2 aromatic carbocycles. The average molecular weight is 518 g/mol. The molecule has 0 atom stereocenters. The maximum absolute atomic E-state index is 13.7. The van der Waals surface area contributed by atoms with E-state index in [1.807, 2.05) is 5.32 Å². The van der Waals surface area contributed by atoms with Crippen molar-refractivity contribution < 1.29 is 40.3 Å². The summed E-state index contributed by atoms with van der Waals surface area (Å²) in [7, 11) is 0. The minimum atomic E-state index is -5.05. The second-order valence-electron chi connectivity index (χ2n) is 6.82. The second-order valence-corrected chi connectivity index (χ2v) is 7.82. The van der Waals surface area contributed by atoms with Gasteiger partial charge in [-0.3, -0.25) is 9.59 Å². The molecule has 0 radical (unpaired) electrons. The lowest BCUT2D eigenvalue weighted by Gasteiger charge is -2.14. The number of alkyl halides is 6. The Morgan fingerprint density at radius 3 is 2.00 bits per heavy atom. The number of nitrogens with zero attached hydrogens (tertiary/aromatic N) is 2. The molecule has 0 saturated heterocycles. The van der Waals surface area contributed by atoms with Gasteiger partial charge < -0.3 is 10.6 Å². The maximum atomic E-state index is 13.7. The molecule has 0 saturated carbocycles. The van der Waals surface area contributed by atoms with Gasteiger partial charge in [0.2, 0.25) is 5.91 Å². The lowest BCUT2D eigenvalue weighted by atomic mass is 10.1. The number of hydrogen-bond donors (Lipinski definition) is 2. The Morgan fingerprint density at radius 2 is 1.46 bits per heavy atom. The SMILES string of the molecule is O=C(CSc1ccc(NC(=O)c2ccccc2F)nn1)Nc1cc(C(F)(F)F)cc(C(F)(F)F)c1. The molecule has 2 amide bonds. The molecule has 2 N–H and O–H groups in total. The molecule has 35 heavy (non-hydrogen) atoms. The van der Waals surface area contributed by atoms with E-state index in [1.54, 1.807) is 0 Å². The fourth-order valence-corrected chi connectivity index (χ4v) is 3.27. The van der Waals surface area contributed by atoms with Gasteiger partial charge in [-0.25, -0.2) is 4.39 Å². The van der Waals surface area contributed by atoms with Gasteiger partial charge in [0.15, 0.2) is 5.82 Å². The monoisotopic (exact) mass is 518 g/mol. The number of benzene rings is 2. The van der Waals surface area contributed by atoms with Crippen molar-refractivity contribution in [1.82, 2.24) is 10.2 Å². The zero-order chi connectivity index (χ0) is 25.8. The van der Waals surface area contributed by atoms with Crippen LogP contribution >= 0.6 is 11.8 Å². The quantitative estimate of drug-likeness (QED) is 0.326. The van der Waals surface area contributed by atoms with E-state index in [9.17, 15) is 40.3 Å². The largest absolute Gasteiger partial charge is 0.416 e. The molecule has 0 bridgehead atoms. The molecule has 6 nitrogen and oxygen atoms in total. The van der Waals surface area contributed by atoms with E-state index >= 15 is 0 Å².